The normalized spacial score (nSPS) is 14.7. The lowest BCUT2D eigenvalue weighted by molar-refractivity contribution is -0.149. The molecule has 0 aliphatic heterocycles. The van der Waals surface area contributed by atoms with Crippen LogP contribution in [0.5, 0.6) is 0 Å². The molecule has 0 rings (SSSR count). The van der Waals surface area contributed by atoms with Gasteiger partial charge in [0.1, 0.15) is 5.54 Å². The van der Waals surface area contributed by atoms with Crippen molar-refractivity contribution in [1.29, 1.82) is 0 Å². The van der Waals surface area contributed by atoms with Gasteiger partial charge in [0, 0.05) is 20.2 Å². The molecule has 0 fully saturated rings. The molecule has 102 valence electrons. The Kier molecular flexibility index (Phi) is 8.12. The van der Waals surface area contributed by atoms with Gasteiger partial charge in [0.25, 0.3) is 0 Å². The van der Waals surface area contributed by atoms with E-state index in [4.69, 9.17) is 15.2 Å². The molecule has 0 aliphatic carbocycles. The molecule has 0 heterocycles. The summed E-state index contributed by atoms with van der Waals surface area (Å²) in [4.78, 5) is 13.8. The predicted molar refractivity (Wildman–Crippen MR) is 67.8 cm³/mol. The van der Waals surface area contributed by atoms with Gasteiger partial charge in [-0.2, -0.15) is 0 Å². The average molecular weight is 246 g/mol. The van der Waals surface area contributed by atoms with E-state index in [1.165, 1.54) is 0 Å². The average Bonchev–Trinajstić information content (AvgIpc) is 2.29. The van der Waals surface area contributed by atoms with Crippen LogP contribution in [0.3, 0.4) is 0 Å². The zero-order valence-corrected chi connectivity index (χ0v) is 11.5. The van der Waals surface area contributed by atoms with Crippen molar-refractivity contribution in [3.8, 4) is 0 Å². The Balaban J connectivity index is 4.08. The summed E-state index contributed by atoms with van der Waals surface area (Å²) < 4.78 is 9.97. The highest BCUT2D eigenvalue weighted by molar-refractivity contribution is 5.79. The molecule has 0 saturated carbocycles. The fourth-order valence-corrected chi connectivity index (χ4v) is 1.44. The lowest BCUT2D eigenvalue weighted by atomic mass is 9.99. The second-order valence-corrected chi connectivity index (χ2v) is 4.31. The molecule has 2 N–H and O–H groups in total. The van der Waals surface area contributed by atoms with Crippen LogP contribution in [0.1, 0.15) is 27.2 Å². The molecular formula is C12H26N2O3. The molecular weight excluding hydrogens is 220 g/mol. The number of nitrogens with zero attached hydrogens (tertiary/aromatic N) is 1. The standard InChI is InChI=1S/C12H26N2O3/c1-5-14(9-10-16-4)8-7-12(3,13)11(15)17-6-2/h5-10,13H2,1-4H3. The first-order chi connectivity index (χ1) is 7.97. The Morgan fingerprint density at radius 3 is 2.47 bits per heavy atom. The number of esters is 1. The van der Waals surface area contributed by atoms with E-state index in [1.807, 2.05) is 0 Å². The van der Waals surface area contributed by atoms with Crippen molar-refractivity contribution in [2.45, 2.75) is 32.7 Å². The third-order valence-corrected chi connectivity index (χ3v) is 2.75. The highest BCUT2D eigenvalue weighted by Crippen LogP contribution is 2.09. The van der Waals surface area contributed by atoms with E-state index < -0.39 is 5.54 Å². The molecule has 0 radical (unpaired) electrons. The van der Waals surface area contributed by atoms with Gasteiger partial charge >= 0.3 is 5.97 Å². The van der Waals surface area contributed by atoms with Crippen LogP contribution in [0.2, 0.25) is 0 Å². The number of carbonyl (C=O) groups is 1. The highest BCUT2D eigenvalue weighted by atomic mass is 16.5. The fourth-order valence-electron chi connectivity index (χ4n) is 1.44. The first-order valence-corrected chi connectivity index (χ1v) is 6.15. The maximum atomic E-state index is 11.6. The molecule has 0 aliphatic rings. The first-order valence-electron chi connectivity index (χ1n) is 6.15. The monoisotopic (exact) mass is 246 g/mol. The van der Waals surface area contributed by atoms with Crippen LogP contribution in [0, 0.1) is 0 Å². The second kappa shape index (κ2) is 8.44. The maximum absolute atomic E-state index is 11.6. The van der Waals surface area contributed by atoms with Gasteiger partial charge in [0.15, 0.2) is 0 Å². The Morgan fingerprint density at radius 2 is 2.00 bits per heavy atom. The third kappa shape index (κ3) is 6.61. The van der Waals surface area contributed by atoms with Crippen LogP contribution in [0.15, 0.2) is 0 Å². The smallest absolute Gasteiger partial charge is 0.325 e. The number of ether oxygens (including phenoxy) is 2. The molecule has 0 spiro atoms. The Labute approximate surface area is 104 Å². The van der Waals surface area contributed by atoms with Gasteiger partial charge < -0.3 is 20.1 Å². The van der Waals surface area contributed by atoms with Crippen molar-refractivity contribution >= 4 is 5.97 Å². The van der Waals surface area contributed by atoms with E-state index in [2.05, 4.69) is 11.8 Å². The van der Waals surface area contributed by atoms with Gasteiger partial charge in [0.05, 0.1) is 13.2 Å². The van der Waals surface area contributed by atoms with E-state index in [1.54, 1.807) is 21.0 Å². The minimum Gasteiger partial charge on any atom is -0.465 e. The summed E-state index contributed by atoms with van der Waals surface area (Å²) in [6, 6.07) is 0. The van der Waals surface area contributed by atoms with E-state index >= 15 is 0 Å². The van der Waals surface area contributed by atoms with Crippen LogP contribution in [-0.2, 0) is 14.3 Å². The number of carbonyl (C=O) groups excluding carboxylic acids is 1. The van der Waals surface area contributed by atoms with Crippen molar-refractivity contribution in [2.75, 3.05) is 40.0 Å². The minimum atomic E-state index is -0.906. The molecule has 5 heteroatoms. The van der Waals surface area contributed by atoms with Crippen molar-refractivity contribution in [2.24, 2.45) is 5.73 Å². The zero-order valence-electron chi connectivity index (χ0n) is 11.5. The van der Waals surface area contributed by atoms with Gasteiger partial charge in [-0.05, 0) is 26.8 Å². The summed E-state index contributed by atoms with van der Waals surface area (Å²) in [5.41, 5.74) is 5.04. The van der Waals surface area contributed by atoms with Crippen LogP contribution in [0.25, 0.3) is 0 Å². The number of hydrogen-bond acceptors (Lipinski definition) is 5. The van der Waals surface area contributed by atoms with Crippen LogP contribution in [0.4, 0.5) is 0 Å². The first kappa shape index (κ1) is 16.4. The lowest BCUT2D eigenvalue weighted by Gasteiger charge is -2.26. The van der Waals surface area contributed by atoms with Gasteiger partial charge in [-0.1, -0.05) is 6.92 Å². The third-order valence-electron chi connectivity index (χ3n) is 2.75. The maximum Gasteiger partial charge on any atom is 0.325 e. The van der Waals surface area contributed by atoms with Gasteiger partial charge in [-0.3, -0.25) is 4.79 Å². The number of likely N-dealkylation sites (N-methyl/N-ethyl adjacent to an activating group) is 1. The molecule has 1 unspecified atom stereocenters. The summed E-state index contributed by atoms with van der Waals surface area (Å²) in [6.07, 6.45) is 0.587. The fraction of sp³-hybridized carbons (Fsp3) is 0.917. The molecule has 1 atom stereocenters. The Bertz CT molecular complexity index is 220. The topological polar surface area (TPSA) is 64.8 Å². The SMILES string of the molecule is CCOC(=O)C(C)(N)CCN(CC)CCOC. The summed E-state index contributed by atoms with van der Waals surface area (Å²) in [6.45, 7) is 9.18. The molecule has 17 heavy (non-hydrogen) atoms. The largest absolute Gasteiger partial charge is 0.465 e. The number of hydrogen-bond donors (Lipinski definition) is 1. The number of rotatable bonds is 9. The molecule has 0 bridgehead atoms. The Hall–Kier alpha value is -0.650. The van der Waals surface area contributed by atoms with Crippen LogP contribution >= 0.6 is 0 Å². The second-order valence-electron chi connectivity index (χ2n) is 4.31. The quantitative estimate of drug-likeness (QED) is 0.604. The Morgan fingerprint density at radius 1 is 1.35 bits per heavy atom. The molecule has 0 amide bonds. The number of methoxy groups -OCH3 is 1. The van der Waals surface area contributed by atoms with E-state index in [-0.39, 0.29) is 5.97 Å². The molecule has 0 saturated heterocycles. The van der Waals surface area contributed by atoms with Crippen molar-refractivity contribution in [1.82, 2.24) is 4.90 Å². The summed E-state index contributed by atoms with van der Waals surface area (Å²) in [5, 5.41) is 0. The van der Waals surface area contributed by atoms with Gasteiger partial charge in [0.2, 0.25) is 0 Å². The van der Waals surface area contributed by atoms with Crippen LogP contribution < -0.4 is 5.73 Å². The molecule has 0 aromatic rings. The molecule has 0 aromatic heterocycles. The highest BCUT2D eigenvalue weighted by Gasteiger charge is 2.29. The van der Waals surface area contributed by atoms with E-state index in [9.17, 15) is 4.79 Å². The number of nitrogens with two attached hydrogens (primary N) is 1. The summed E-state index contributed by atoms with van der Waals surface area (Å²) in [7, 11) is 1.68. The van der Waals surface area contributed by atoms with Crippen molar-refractivity contribution < 1.29 is 14.3 Å². The van der Waals surface area contributed by atoms with E-state index in [0.29, 0.717) is 19.6 Å². The van der Waals surface area contributed by atoms with Crippen molar-refractivity contribution in [3.63, 3.8) is 0 Å². The minimum absolute atomic E-state index is 0.331. The summed E-state index contributed by atoms with van der Waals surface area (Å²) >= 11 is 0. The molecule has 0 aromatic carbocycles. The predicted octanol–water partition coefficient (Wildman–Crippen LogP) is 0.625. The van der Waals surface area contributed by atoms with Crippen LogP contribution in [-0.4, -0.2) is 56.4 Å². The molecule has 5 nitrogen and oxygen atoms in total. The lowest BCUT2D eigenvalue weighted by Crippen LogP contribution is -2.48. The van der Waals surface area contributed by atoms with Gasteiger partial charge in [-0.25, -0.2) is 0 Å². The van der Waals surface area contributed by atoms with E-state index in [0.717, 1.165) is 19.6 Å². The van der Waals surface area contributed by atoms with Gasteiger partial charge in [-0.15, -0.1) is 0 Å². The summed E-state index contributed by atoms with van der Waals surface area (Å²) in [5.74, 6) is -0.331. The zero-order chi connectivity index (χ0) is 13.3. The van der Waals surface area contributed by atoms with Crippen molar-refractivity contribution in [3.05, 3.63) is 0 Å².